The normalized spacial score (nSPS) is 26.3. The van der Waals surface area contributed by atoms with Crippen LogP contribution in [0.2, 0.25) is 0 Å². The Balaban J connectivity index is 1.46. The second-order valence-electron chi connectivity index (χ2n) is 6.07. The number of hydrogen-bond donors (Lipinski definition) is 3. The number of amides is 1. The number of hydrogen-bond acceptors (Lipinski definition) is 4. The van der Waals surface area contributed by atoms with E-state index < -0.39 is 0 Å². The van der Waals surface area contributed by atoms with E-state index in [2.05, 4.69) is 10.6 Å². The molecule has 4 rings (SSSR count). The third-order valence-corrected chi connectivity index (χ3v) is 4.60. The zero-order valence-electron chi connectivity index (χ0n) is 12.1. The van der Waals surface area contributed by atoms with Crippen molar-refractivity contribution in [2.75, 3.05) is 0 Å². The number of carbonyl (C=O) groups is 1. The van der Waals surface area contributed by atoms with E-state index in [-0.39, 0.29) is 17.7 Å². The van der Waals surface area contributed by atoms with Gasteiger partial charge in [0.15, 0.2) is 5.76 Å². The lowest BCUT2D eigenvalue weighted by Gasteiger charge is -2.20. The molecule has 22 heavy (non-hydrogen) atoms. The van der Waals surface area contributed by atoms with Gasteiger partial charge in [0.1, 0.15) is 11.5 Å². The van der Waals surface area contributed by atoms with Crippen LogP contribution in [0.3, 0.4) is 0 Å². The van der Waals surface area contributed by atoms with Gasteiger partial charge in [-0.25, -0.2) is 0 Å². The Morgan fingerprint density at radius 2 is 2.00 bits per heavy atom. The van der Waals surface area contributed by atoms with Crippen LogP contribution in [0.4, 0.5) is 0 Å². The zero-order chi connectivity index (χ0) is 15.1. The lowest BCUT2D eigenvalue weighted by Crippen LogP contribution is -2.42. The number of phenols is 1. The number of benzene rings is 1. The summed E-state index contributed by atoms with van der Waals surface area (Å²) in [6.07, 6.45) is 3.34. The largest absolute Gasteiger partial charge is 0.508 e. The highest BCUT2D eigenvalue weighted by atomic mass is 16.3. The number of fused-ring (bicyclic) bond motifs is 2. The zero-order valence-corrected chi connectivity index (χ0v) is 12.1. The van der Waals surface area contributed by atoms with Crippen molar-refractivity contribution in [1.82, 2.24) is 10.6 Å². The Labute approximate surface area is 128 Å². The molecule has 0 spiro atoms. The van der Waals surface area contributed by atoms with E-state index in [1.54, 1.807) is 36.4 Å². The molecule has 1 aromatic carbocycles. The maximum Gasteiger partial charge on any atom is 0.287 e. The summed E-state index contributed by atoms with van der Waals surface area (Å²) >= 11 is 0. The Morgan fingerprint density at radius 3 is 2.68 bits per heavy atom. The monoisotopic (exact) mass is 298 g/mol. The average Bonchev–Trinajstić information content (AvgIpc) is 3.24. The Kier molecular flexibility index (Phi) is 3.15. The maximum absolute atomic E-state index is 12.3. The molecule has 2 saturated heterocycles. The predicted octanol–water partition coefficient (Wildman–Crippen LogP) is 2.27. The van der Waals surface area contributed by atoms with E-state index in [4.69, 9.17) is 4.42 Å². The van der Waals surface area contributed by atoms with Crippen molar-refractivity contribution in [2.24, 2.45) is 0 Å². The summed E-state index contributed by atoms with van der Waals surface area (Å²) in [5.41, 5.74) is 0.832. The highest BCUT2D eigenvalue weighted by Gasteiger charge is 2.39. The maximum atomic E-state index is 12.3. The number of carbonyl (C=O) groups excluding carboxylic acids is 1. The van der Waals surface area contributed by atoms with Gasteiger partial charge in [-0.3, -0.25) is 4.79 Å². The number of rotatable bonds is 3. The molecule has 3 N–H and O–H groups in total. The van der Waals surface area contributed by atoms with Gasteiger partial charge in [-0.05, 0) is 55.7 Å². The molecule has 0 aliphatic carbocycles. The molecule has 0 radical (unpaired) electrons. The number of nitrogens with one attached hydrogen (secondary N) is 2. The molecule has 5 heteroatoms. The van der Waals surface area contributed by atoms with E-state index >= 15 is 0 Å². The molecule has 1 aromatic heterocycles. The van der Waals surface area contributed by atoms with Crippen LogP contribution < -0.4 is 10.6 Å². The topological polar surface area (TPSA) is 74.5 Å². The summed E-state index contributed by atoms with van der Waals surface area (Å²) in [6.45, 7) is 0. The number of phenolic OH excluding ortho intramolecular Hbond substituents is 1. The first-order valence-electron chi connectivity index (χ1n) is 7.65. The van der Waals surface area contributed by atoms with E-state index in [0.717, 1.165) is 18.4 Å². The second-order valence-corrected chi connectivity index (χ2v) is 6.07. The van der Waals surface area contributed by atoms with Crippen molar-refractivity contribution in [3.05, 3.63) is 42.2 Å². The predicted molar refractivity (Wildman–Crippen MR) is 81.6 cm³/mol. The minimum Gasteiger partial charge on any atom is -0.508 e. The van der Waals surface area contributed by atoms with E-state index in [1.165, 1.54) is 6.42 Å². The molecule has 3 heterocycles. The molecule has 2 fully saturated rings. The first kappa shape index (κ1) is 13.4. The second kappa shape index (κ2) is 5.18. The molecule has 2 aliphatic rings. The van der Waals surface area contributed by atoms with Crippen LogP contribution in [0.1, 0.15) is 29.8 Å². The highest BCUT2D eigenvalue weighted by Crippen LogP contribution is 2.29. The molecule has 2 aliphatic heterocycles. The summed E-state index contributed by atoms with van der Waals surface area (Å²) in [6, 6.07) is 11.3. The molecule has 2 bridgehead atoms. The smallest absolute Gasteiger partial charge is 0.287 e. The van der Waals surface area contributed by atoms with Gasteiger partial charge in [-0.1, -0.05) is 0 Å². The first-order chi connectivity index (χ1) is 10.7. The Morgan fingerprint density at radius 1 is 1.18 bits per heavy atom. The molecular weight excluding hydrogens is 280 g/mol. The fourth-order valence-corrected chi connectivity index (χ4v) is 3.46. The summed E-state index contributed by atoms with van der Waals surface area (Å²) < 4.78 is 5.65. The van der Waals surface area contributed by atoms with Crippen molar-refractivity contribution >= 4 is 5.91 Å². The van der Waals surface area contributed by atoms with Crippen LogP contribution in [0.5, 0.6) is 5.75 Å². The van der Waals surface area contributed by atoms with Gasteiger partial charge in [0.2, 0.25) is 0 Å². The van der Waals surface area contributed by atoms with Gasteiger partial charge < -0.3 is 20.2 Å². The highest BCUT2D eigenvalue weighted by molar-refractivity contribution is 5.92. The van der Waals surface area contributed by atoms with Gasteiger partial charge in [-0.2, -0.15) is 0 Å². The minimum atomic E-state index is -0.163. The van der Waals surface area contributed by atoms with E-state index in [1.807, 2.05) is 0 Å². The summed E-state index contributed by atoms with van der Waals surface area (Å²) in [5, 5.41) is 15.9. The van der Waals surface area contributed by atoms with E-state index in [0.29, 0.717) is 23.6 Å². The lowest BCUT2D eigenvalue weighted by molar-refractivity contribution is 0.0903. The van der Waals surface area contributed by atoms with Gasteiger partial charge in [0.25, 0.3) is 5.91 Å². The molecular formula is C17H18N2O3. The van der Waals surface area contributed by atoms with Crippen LogP contribution in [0.15, 0.2) is 40.8 Å². The van der Waals surface area contributed by atoms with Crippen molar-refractivity contribution < 1.29 is 14.3 Å². The molecule has 114 valence electrons. The molecule has 2 aromatic rings. The fourth-order valence-electron chi connectivity index (χ4n) is 3.46. The van der Waals surface area contributed by atoms with Gasteiger partial charge >= 0.3 is 0 Å². The number of aromatic hydroxyl groups is 1. The molecule has 0 saturated carbocycles. The minimum absolute atomic E-state index is 0.163. The van der Waals surface area contributed by atoms with Crippen LogP contribution >= 0.6 is 0 Å². The molecule has 5 nitrogen and oxygen atoms in total. The van der Waals surface area contributed by atoms with Gasteiger partial charge in [-0.15, -0.1) is 0 Å². The van der Waals surface area contributed by atoms with Crippen LogP contribution in [0.25, 0.3) is 11.3 Å². The van der Waals surface area contributed by atoms with Crippen molar-refractivity contribution in [1.29, 1.82) is 0 Å². The Bertz CT molecular complexity index is 692. The van der Waals surface area contributed by atoms with Crippen molar-refractivity contribution in [3.8, 4) is 17.1 Å². The van der Waals surface area contributed by atoms with Crippen LogP contribution in [0, 0.1) is 0 Å². The third-order valence-electron chi connectivity index (χ3n) is 4.60. The molecule has 3 atom stereocenters. The standard InChI is InChI=1S/C17H18N2O3/c20-12-4-1-10(2-5-12)15-7-8-16(22-15)17(21)19-14-9-11-3-6-13(14)18-11/h1-2,4-5,7-8,11,13-14,18,20H,3,6,9H2,(H,19,21)/t11-,13+,14-/m1/s1. The van der Waals surface area contributed by atoms with Crippen LogP contribution in [-0.2, 0) is 0 Å². The van der Waals surface area contributed by atoms with Gasteiger partial charge in [0, 0.05) is 23.7 Å². The lowest BCUT2D eigenvalue weighted by atomic mass is 9.95. The fraction of sp³-hybridized carbons (Fsp3) is 0.353. The molecule has 0 unspecified atom stereocenters. The van der Waals surface area contributed by atoms with E-state index in [9.17, 15) is 9.90 Å². The molecule has 1 amide bonds. The van der Waals surface area contributed by atoms with Crippen molar-refractivity contribution in [3.63, 3.8) is 0 Å². The quantitative estimate of drug-likeness (QED) is 0.812. The third kappa shape index (κ3) is 2.37. The number of furan rings is 1. The first-order valence-corrected chi connectivity index (χ1v) is 7.65. The summed E-state index contributed by atoms with van der Waals surface area (Å²) in [7, 11) is 0. The van der Waals surface area contributed by atoms with Gasteiger partial charge in [0.05, 0.1) is 0 Å². The SMILES string of the molecule is O=C(N[C@@H]1C[C@H]2CC[C@@H]1N2)c1ccc(-c2ccc(O)cc2)o1. The van der Waals surface area contributed by atoms with Crippen molar-refractivity contribution in [2.45, 2.75) is 37.4 Å². The van der Waals surface area contributed by atoms with Crippen LogP contribution in [-0.4, -0.2) is 29.1 Å². The average molecular weight is 298 g/mol. The Hall–Kier alpha value is -2.27. The summed E-state index contributed by atoms with van der Waals surface area (Å²) in [4.78, 5) is 12.3. The summed E-state index contributed by atoms with van der Waals surface area (Å²) in [5.74, 6) is 0.989.